The van der Waals surface area contributed by atoms with Crippen LogP contribution in [0.2, 0.25) is 5.02 Å². The number of nitrogens with zero attached hydrogens (tertiary/aromatic N) is 3. The number of aryl methyl sites for hydroxylation is 2. The van der Waals surface area contributed by atoms with Crippen LogP contribution in [0.15, 0.2) is 47.6 Å². The fraction of sp³-hybridized carbons (Fsp3) is 0.333. The summed E-state index contributed by atoms with van der Waals surface area (Å²) in [6.45, 7) is 4.30. The molecule has 1 aromatic heterocycles. The molecule has 0 radical (unpaired) electrons. The Morgan fingerprint density at radius 2 is 2.13 bits per heavy atom. The number of hydrogen-bond donors (Lipinski definition) is 1. The number of amides is 1. The van der Waals surface area contributed by atoms with Gasteiger partial charge in [-0.25, -0.2) is 5.43 Å². The minimum absolute atomic E-state index is 0.0918. The molecule has 1 atom stereocenters. The molecule has 6 heteroatoms. The Kier molecular flexibility index (Phi) is 5.09. The van der Waals surface area contributed by atoms with Gasteiger partial charge in [0, 0.05) is 40.3 Å². The molecule has 5 nitrogen and oxygen atoms in total. The largest absolute Gasteiger partial charge is 0.342 e. The molecule has 1 N–H and O–H groups in total. The van der Waals surface area contributed by atoms with Gasteiger partial charge in [-0.15, -0.1) is 0 Å². The molecule has 5 rings (SSSR count). The Morgan fingerprint density at radius 3 is 3.00 bits per heavy atom. The first kappa shape index (κ1) is 19.3. The number of rotatable bonds is 4. The van der Waals surface area contributed by atoms with Crippen LogP contribution in [0, 0.1) is 6.92 Å². The van der Waals surface area contributed by atoms with E-state index in [1.165, 1.54) is 27.7 Å². The molecule has 2 aliphatic rings. The summed E-state index contributed by atoms with van der Waals surface area (Å²) in [6, 6.07) is 14.5. The maximum absolute atomic E-state index is 12.6. The summed E-state index contributed by atoms with van der Waals surface area (Å²) in [6.07, 6.45) is 4.97. The first-order valence-corrected chi connectivity index (χ1v) is 10.9. The molecule has 154 valence electrons. The van der Waals surface area contributed by atoms with Gasteiger partial charge in [0.05, 0.1) is 18.8 Å². The number of fused-ring (bicyclic) bond motifs is 3. The van der Waals surface area contributed by atoms with E-state index in [1.807, 2.05) is 18.2 Å². The van der Waals surface area contributed by atoms with E-state index in [0.29, 0.717) is 17.6 Å². The molecule has 3 aromatic rings. The fourth-order valence-electron chi connectivity index (χ4n) is 4.95. The maximum atomic E-state index is 12.6. The van der Waals surface area contributed by atoms with Crippen molar-refractivity contribution in [1.82, 2.24) is 14.9 Å². The summed E-state index contributed by atoms with van der Waals surface area (Å²) in [5.74, 6) is -0.0918. The van der Waals surface area contributed by atoms with Crippen LogP contribution in [0.3, 0.4) is 0 Å². The van der Waals surface area contributed by atoms with Gasteiger partial charge in [-0.1, -0.05) is 41.4 Å². The first-order chi connectivity index (χ1) is 14.6. The van der Waals surface area contributed by atoms with Crippen molar-refractivity contribution in [3.05, 3.63) is 69.9 Å². The van der Waals surface area contributed by atoms with Crippen LogP contribution >= 0.6 is 11.6 Å². The van der Waals surface area contributed by atoms with Crippen LogP contribution in [0.1, 0.15) is 41.3 Å². The van der Waals surface area contributed by atoms with Crippen molar-refractivity contribution < 1.29 is 4.79 Å². The molecule has 0 saturated carbocycles. The quantitative estimate of drug-likeness (QED) is 0.501. The van der Waals surface area contributed by atoms with Gasteiger partial charge in [0.1, 0.15) is 0 Å². The molecule has 0 unspecified atom stereocenters. The third-order valence-electron chi connectivity index (χ3n) is 6.28. The Bertz CT molecular complexity index is 1150. The Morgan fingerprint density at radius 1 is 1.27 bits per heavy atom. The van der Waals surface area contributed by atoms with E-state index in [2.05, 4.69) is 45.1 Å². The number of carbonyl (C=O) groups is 1. The molecular weight excluding hydrogens is 396 g/mol. The first-order valence-electron chi connectivity index (χ1n) is 10.5. The van der Waals surface area contributed by atoms with Gasteiger partial charge < -0.3 is 4.57 Å². The smallest absolute Gasteiger partial charge is 0.254 e. The van der Waals surface area contributed by atoms with E-state index >= 15 is 0 Å². The Hall–Kier alpha value is -2.63. The maximum Gasteiger partial charge on any atom is 0.254 e. The number of hydrogen-bond acceptors (Lipinski definition) is 3. The summed E-state index contributed by atoms with van der Waals surface area (Å²) in [5.41, 5.74) is 8.99. The van der Waals surface area contributed by atoms with Gasteiger partial charge in [0.2, 0.25) is 0 Å². The molecule has 0 spiro atoms. The van der Waals surface area contributed by atoms with Crippen LogP contribution in [-0.2, 0) is 17.8 Å². The lowest BCUT2D eigenvalue weighted by molar-refractivity contribution is -0.123. The lowest BCUT2D eigenvalue weighted by Crippen LogP contribution is -2.44. The van der Waals surface area contributed by atoms with Crippen molar-refractivity contribution in [2.24, 2.45) is 5.10 Å². The van der Waals surface area contributed by atoms with E-state index in [-0.39, 0.29) is 5.91 Å². The van der Waals surface area contributed by atoms with Gasteiger partial charge in [-0.3, -0.25) is 9.69 Å². The Balaban J connectivity index is 1.33. The van der Waals surface area contributed by atoms with E-state index in [1.54, 1.807) is 12.3 Å². The van der Waals surface area contributed by atoms with Crippen LogP contribution in [-0.4, -0.2) is 34.7 Å². The molecule has 1 aliphatic heterocycles. The topological polar surface area (TPSA) is 49.6 Å². The predicted octanol–water partition coefficient (Wildman–Crippen LogP) is 4.45. The van der Waals surface area contributed by atoms with Gasteiger partial charge >= 0.3 is 0 Å². The summed E-state index contributed by atoms with van der Waals surface area (Å²) >= 11 is 6.13. The van der Waals surface area contributed by atoms with Crippen molar-refractivity contribution in [1.29, 1.82) is 0 Å². The second-order valence-electron chi connectivity index (χ2n) is 8.23. The van der Waals surface area contributed by atoms with Crippen molar-refractivity contribution in [3.63, 3.8) is 0 Å². The third kappa shape index (κ3) is 3.42. The molecule has 0 bridgehead atoms. The number of benzene rings is 2. The highest BCUT2D eigenvalue weighted by molar-refractivity contribution is 6.33. The van der Waals surface area contributed by atoms with Crippen LogP contribution in [0.25, 0.3) is 10.9 Å². The van der Waals surface area contributed by atoms with Crippen LogP contribution in [0.4, 0.5) is 0 Å². The highest BCUT2D eigenvalue weighted by Gasteiger charge is 2.35. The Labute approximate surface area is 181 Å². The summed E-state index contributed by atoms with van der Waals surface area (Å²) < 4.78 is 2.48. The van der Waals surface area contributed by atoms with E-state index in [9.17, 15) is 4.79 Å². The number of nitrogens with one attached hydrogen (secondary N) is 1. The van der Waals surface area contributed by atoms with E-state index < -0.39 is 0 Å². The highest BCUT2D eigenvalue weighted by Crippen LogP contribution is 2.42. The fourth-order valence-corrected chi connectivity index (χ4v) is 5.14. The number of aromatic nitrogens is 1. The van der Waals surface area contributed by atoms with Gasteiger partial charge in [-0.05, 0) is 49.9 Å². The minimum Gasteiger partial charge on any atom is -0.342 e. The molecular formula is C24H25ClN4O. The monoisotopic (exact) mass is 420 g/mol. The zero-order chi connectivity index (χ0) is 20.7. The standard InChI is InChI=1S/C24H25ClN4O/c1-16-9-10-21-19(13-16)18-6-4-8-22-24(18)29(21)12-11-28(22)15-23(30)27-26-14-17-5-2-3-7-20(17)25/h2-3,5,7,9-10,13-14,22H,4,6,8,11-12,15H2,1H3,(H,27,30)/b26-14+/t22-/m1/s1. The third-order valence-corrected chi connectivity index (χ3v) is 6.63. The summed E-state index contributed by atoms with van der Waals surface area (Å²) in [5, 5.41) is 6.11. The van der Waals surface area contributed by atoms with Gasteiger partial charge in [0.25, 0.3) is 5.91 Å². The van der Waals surface area contributed by atoms with Crippen molar-refractivity contribution in [3.8, 4) is 0 Å². The molecule has 2 aromatic carbocycles. The molecule has 2 heterocycles. The second-order valence-corrected chi connectivity index (χ2v) is 8.64. The zero-order valence-corrected chi connectivity index (χ0v) is 17.8. The lowest BCUT2D eigenvalue weighted by Gasteiger charge is -2.39. The number of halogens is 1. The average Bonchev–Trinajstić information content (AvgIpc) is 3.06. The molecule has 0 fully saturated rings. The molecule has 1 aliphatic carbocycles. The van der Waals surface area contributed by atoms with E-state index in [4.69, 9.17) is 11.6 Å². The molecule has 1 amide bonds. The van der Waals surface area contributed by atoms with Crippen molar-refractivity contribution in [2.75, 3.05) is 13.1 Å². The van der Waals surface area contributed by atoms with Gasteiger partial charge in [0.15, 0.2) is 0 Å². The second kappa shape index (κ2) is 7.89. The lowest BCUT2D eigenvalue weighted by atomic mass is 9.89. The number of hydrazone groups is 1. The molecule has 0 saturated heterocycles. The van der Waals surface area contributed by atoms with Crippen LogP contribution < -0.4 is 5.43 Å². The summed E-state index contributed by atoms with van der Waals surface area (Å²) in [4.78, 5) is 14.9. The van der Waals surface area contributed by atoms with Crippen LogP contribution in [0.5, 0.6) is 0 Å². The normalized spacial score (nSPS) is 18.7. The SMILES string of the molecule is Cc1ccc2c(c1)c1c3n2CCN(CC(=O)N/N=C/c2ccccc2Cl)[C@@H]3CCC1. The molecule has 30 heavy (non-hydrogen) atoms. The van der Waals surface area contributed by atoms with E-state index in [0.717, 1.165) is 37.9 Å². The zero-order valence-electron chi connectivity index (χ0n) is 17.1. The minimum atomic E-state index is -0.0918. The predicted molar refractivity (Wildman–Crippen MR) is 121 cm³/mol. The number of carbonyl (C=O) groups excluding carboxylic acids is 1. The van der Waals surface area contributed by atoms with Gasteiger partial charge in [-0.2, -0.15) is 5.10 Å². The summed E-state index contributed by atoms with van der Waals surface area (Å²) in [7, 11) is 0. The highest BCUT2D eigenvalue weighted by atomic mass is 35.5. The van der Waals surface area contributed by atoms with Crippen molar-refractivity contribution >= 4 is 34.6 Å². The average molecular weight is 421 g/mol. The van der Waals surface area contributed by atoms with Crippen molar-refractivity contribution in [2.45, 2.75) is 38.8 Å².